The highest BCUT2D eigenvalue weighted by molar-refractivity contribution is 5.94. The third-order valence-electron chi connectivity index (χ3n) is 7.31. The van der Waals surface area contributed by atoms with Crippen LogP contribution in [0.5, 0.6) is 5.75 Å². The molecule has 1 aromatic carbocycles. The van der Waals surface area contributed by atoms with Gasteiger partial charge >= 0.3 is 6.18 Å². The number of hydrogen-bond acceptors (Lipinski definition) is 4. The Balaban J connectivity index is 1.36. The molecule has 0 radical (unpaired) electrons. The van der Waals surface area contributed by atoms with Crippen molar-refractivity contribution in [3.8, 4) is 5.75 Å². The summed E-state index contributed by atoms with van der Waals surface area (Å²) < 4.78 is 46.1. The van der Waals surface area contributed by atoms with E-state index in [1.54, 1.807) is 25.1 Å². The maximum absolute atomic E-state index is 13.0. The Labute approximate surface area is 184 Å². The molecule has 6 nitrogen and oxygen atoms in total. The molecule has 1 N–H and O–H groups in total. The molecule has 3 aliphatic heterocycles. The van der Waals surface area contributed by atoms with Crippen molar-refractivity contribution in [2.24, 2.45) is 0 Å². The van der Waals surface area contributed by atoms with Gasteiger partial charge in [-0.15, -0.1) is 0 Å². The number of halogens is 3. The summed E-state index contributed by atoms with van der Waals surface area (Å²) in [6.45, 7) is 4.20. The van der Waals surface area contributed by atoms with Gasteiger partial charge in [-0.25, -0.2) is 0 Å². The molecule has 4 heterocycles. The zero-order chi connectivity index (χ0) is 22.8. The lowest BCUT2D eigenvalue weighted by molar-refractivity contribution is -0.146. The smallest absolute Gasteiger partial charge is 0.417 e. The number of carbonyl (C=O) groups excluding carboxylic acids is 1. The molecule has 9 heteroatoms. The van der Waals surface area contributed by atoms with Crippen molar-refractivity contribution in [3.05, 3.63) is 52.8 Å². The zero-order valence-electron chi connectivity index (χ0n) is 18.0. The largest absolute Gasteiger partial charge is 0.508 e. The molecule has 1 amide bonds. The van der Waals surface area contributed by atoms with E-state index in [1.807, 2.05) is 22.6 Å². The van der Waals surface area contributed by atoms with Crippen LogP contribution in [0.15, 0.2) is 30.3 Å². The monoisotopic (exact) mass is 449 g/mol. The summed E-state index contributed by atoms with van der Waals surface area (Å²) in [5.74, 6) is 0.0869. The van der Waals surface area contributed by atoms with Gasteiger partial charge in [-0.3, -0.25) is 9.69 Å². The molecule has 3 aliphatic rings. The molecule has 0 saturated carbocycles. The number of fused-ring (bicyclic) bond motifs is 2. The minimum absolute atomic E-state index is 0.0723. The number of likely N-dealkylation sites (N-methyl/N-ethyl adjacent to an activating group) is 1. The quantitative estimate of drug-likeness (QED) is 0.712. The molecular weight excluding hydrogens is 423 g/mol. The van der Waals surface area contributed by atoms with Gasteiger partial charge in [-0.05, 0) is 62.7 Å². The van der Waals surface area contributed by atoms with E-state index in [-0.39, 0.29) is 17.2 Å². The SMILES string of the molecule is Cc1cc(C(=O)N2CCC3(CC2)c2ccc([C@@H]4OC4C(F)(F)F)n2CCN3C)ccc1O. The number of epoxide rings is 1. The Morgan fingerprint density at radius 1 is 1.12 bits per heavy atom. The molecule has 2 atom stereocenters. The molecule has 5 rings (SSSR count). The number of likely N-dealkylation sites (tertiary alicyclic amines) is 1. The average molecular weight is 449 g/mol. The summed E-state index contributed by atoms with van der Waals surface area (Å²) in [4.78, 5) is 17.1. The zero-order valence-corrected chi connectivity index (χ0v) is 18.0. The number of phenols is 1. The Morgan fingerprint density at radius 2 is 1.84 bits per heavy atom. The minimum atomic E-state index is -4.35. The third-order valence-corrected chi connectivity index (χ3v) is 7.31. The van der Waals surface area contributed by atoms with E-state index >= 15 is 0 Å². The second-order valence-electron chi connectivity index (χ2n) is 9.06. The number of aromatic hydroxyl groups is 1. The molecular formula is C23H26F3N3O3. The second-order valence-corrected chi connectivity index (χ2v) is 9.06. The molecule has 1 aromatic heterocycles. The van der Waals surface area contributed by atoms with E-state index in [1.165, 1.54) is 6.07 Å². The summed E-state index contributed by atoms with van der Waals surface area (Å²) in [7, 11) is 2.04. The first-order chi connectivity index (χ1) is 15.1. The Bertz CT molecular complexity index is 1060. The molecule has 1 unspecified atom stereocenters. The van der Waals surface area contributed by atoms with Crippen molar-refractivity contribution in [1.29, 1.82) is 0 Å². The maximum Gasteiger partial charge on any atom is 0.417 e. The third kappa shape index (κ3) is 3.29. The van der Waals surface area contributed by atoms with Gasteiger partial charge in [0.2, 0.25) is 0 Å². The molecule has 172 valence electrons. The van der Waals surface area contributed by atoms with Crippen LogP contribution in [0.4, 0.5) is 13.2 Å². The van der Waals surface area contributed by atoms with Crippen LogP contribution in [0.2, 0.25) is 0 Å². The number of benzene rings is 1. The number of alkyl halides is 3. The van der Waals surface area contributed by atoms with Gasteiger partial charge in [0.05, 0.1) is 11.2 Å². The van der Waals surface area contributed by atoms with Crippen LogP contribution < -0.4 is 0 Å². The maximum atomic E-state index is 13.0. The number of aryl methyl sites for hydroxylation is 1. The first kappa shape index (κ1) is 21.3. The number of amides is 1. The lowest BCUT2D eigenvalue weighted by atomic mass is 9.81. The van der Waals surface area contributed by atoms with Crippen molar-refractivity contribution in [3.63, 3.8) is 0 Å². The lowest BCUT2D eigenvalue weighted by Gasteiger charge is -2.50. The normalized spacial score (nSPS) is 25.1. The number of phenolic OH excluding ortho intramolecular Hbond substituents is 1. The first-order valence-corrected chi connectivity index (χ1v) is 10.8. The fraction of sp³-hybridized carbons (Fsp3) is 0.522. The topological polar surface area (TPSA) is 61.2 Å². The molecule has 2 saturated heterocycles. The van der Waals surface area contributed by atoms with Crippen molar-refractivity contribution in [1.82, 2.24) is 14.4 Å². The van der Waals surface area contributed by atoms with Crippen LogP contribution in [-0.4, -0.2) is 64.3 Å². The number of hydrogen-bond donors (Lipinski definition) is 1. The first-order valence-electron chi connectivity index (χ1n) is 10.8. The Kier molecular flexibility index (Phi) is 4.83. The molecule has 2 aromatic rings. The van der Waals surface area contributed by atoms with Crippen LogP contribution in [-0.2, 0) is 16.8 Å². The number of nitrogens with zero attached hydrogens (tertiary/aromatic N) is 3. The van der Waals surface area contributed by atoms with Gasteiger partial charge in [0, 0.05) is 37.4 Å². The number of aromatic nitrogens is 1. The summed E-state index contributed by atoms with van der Waals surface area (Å²) in [6.07, 6.45) is -5.60. The van der Waals surface area contributed by atoms with Crippen LogP contribution in [0.25, 0.3) is 0 Å². The van der Waals surface area contributed by atoms with Crippen LogP contribution >= 0.6 is 0 Å². The van der Waals surface area contributed by atoms with Crippen LogP contribution in [0.3, 0.4) is 0 Å². The predicted octanol–water partition coefficient (Wildman–Crippen LogP) is 3.58. The number of carbonyl (C=O) groups is 1. The molecule has 1 spiro atoms. The van der Waals surface area contributed by atoms with E-state index in [0.29, 0.717) is 49.3 Å². The fourth-order valence-electron chi connectivity index (χ4n) is 5.32. The number of piperidine rings is 1. The average Bonchev–Trinajstić information content (AvgIpc) is 3.45. The molecule has 0 bridgehead atoms. The van der Waals surface area contributed by atoms with Gasteiger partial charge < -0.3 is 19.3 Å². The van der Waals surface area contributed by atoms with E-state index in [4.69, 9.17) is 4.74 Å². The highest BCUT2D eigenvalue weighted by Crippen LogP contribution is 2.50. The van der Waals surface area contributed by atoms with E-state index in [9.17, 15) is 23.1 Å². The standard InChI is InChI=1S/C23H26F3N3O3/c1-14-13-15(3-5-17(14)30)21(31)28-9-7-22(8-10-28)18-6-4-16(29(18)12-11-27(22)2)19-20(32-19)23(24,25)26/h3-6,13,19-20,30H,7-12H2,1-2H3/t19-,20?/m0/s1. The Morgan fingerprint density at radius 3 is 2.47 bits per heavy atom. The summed E-state index contributed by atoms with van der Waals surface area (Å²) in [5.41, 5.74) is 2.48. The van der Waals surface area contributed by atoms with E-state index in [2.05, 4.69) is 4.90 Å². The highest BCUT2D eigenvalue weighted by Gasteiger charge is 2.60. The van der Waals surface area contributed by atoms with Gasteiger partial charge in [-0.2, -0.15) is 13.2 Å². The summed E-state index contributed by atoms with van der Waals surface area (Å²) >= 11 is 0. The molecule has 32 heavy (non-hydrogen) atoms. The lowest BCUT2D eigenvalue weighted by Crippen LogP contribution is -2.56. The predicted molar refractivity (Wildman–Crippen MR) is 110 cm³/mol. The van der Waals surface area contributed by atoms with Gasteiger partial charge in [0.1, 0.15) is 11.9 Å². The Hall–Kier alpha value is -2.52. The molecule has 2 fully saturated rings. The van der Waals surface area contributed by atoms with Crippen molar-refractivity contribution < 1.29 is 27.8 Å². The second kappa shape index (κ2) is 7.25. The van der Waals surface area contributed by atoms with Crippen molar-refractivity contribution in [2.75, 3.05) is 26.7 Å². The summed E-state index contributed by atoms with van der Waals surface area (Å²) in [6, 6.07) is 8.56. The number of rotatable bonds is 2. The van der Waals surface area contributed by atoms with E-state index in [0.717, 1.165) is 12.2 Å². The van der Waals surface area contributed by atoms with Crippen molar-refractivity contribution >= 4 is 5.91 Å². The van der Waals surface area contributed by atoms with Gasteiger partial charge in [-0.1, -0.05) is 0 Å². The fourth-order valence-corrected chi connectivity index (χ4v) is 5.32. The molecule has 0 aliphatic carbocycles. The van der Waals surface area contributed by atoms with Crippen LogP contribution in [0.1, 0.15) is 46.3 Å². The van der Waals surface area contributed by atoms with E-state index < -0.39 is 18.4 Å². The highest BCUT2D eigenvalue weighted by atomic mass is 19.4. The van der Waals surface area contributed by atoms with Crippen LogP contribution in [0, 0.1) is 6.92 Å². The summed E-state index contributed by atoms with van der Waals surface area (Å²) in [5, 5.41) is 9.73. The van der Waals surface area contributed by atoms with Gasteiger partial charge in [0.25, 0.3) is 5.91 Å². The van der Waals surface area contributed by atoms with Gasteiger partial charge in [0.15, 0.2) is 6.10 Å². The number of ether oxygens (including phenoxy) is 1. The minimum Gasteiger partial charge on any atom is -0.508 e. The van der Waals surface area contributed by atoms with Crippen molar-refractivity contribution in [2.45, 2.75) is 50.2 Å².